The molecule has 0 bridgehead atoms. The van der Waals surface area contributed by atoms with Gasteiger partial charge in [-0.2, -0.15) is 0 Å². The summed E-state index contributed by atoms with van der Waals surface area (Å²) in [5.41, 5.74) is 5.26. The molecule has 0 saturated heterocycles. The van der Waals surface area contributed by atoms with E-state index in [9.17, 15) is 0 Å². The van der Waals surface area contributed by atoms with Crippen LogP contribution in [0.2, 0.25) is 0 Å². The van der Waals surface area contributed by atoms with Gasteiger partial charge in [0.15, 0.2) is 0 Å². The van der Waals surface area contributed by atoms with Crippen LogP contribution in [0.3, 0.4) is 0 Å². The zero-order valence-electron chi connectivity index (χ0n) is 9.20. The van der Waals surface area contributed by atoms with Crippen LogP contribution in [-0.4, -0.2) is 9.55 Å². The summed E-state index contributed by atoms with van der Waals surface area (Å²) in [5.74, 6) is 0. The lowest BCUT2D eigenvalue weighted by Gasteiger charge is -2.03. The molecule has 2 aromatic rings. The van der Waals surface area contributed by atoms with E-state index in [0.29, 0.717) is 0 Å². The fraction of sp³-hybridized carbons (Fsp3) is 0.308. The van der Waals surface area contributed by atoms with Gasteiger partial charge in [-0.25, -0.2) is 4.98 Å². The molecule has 0 saturated carbocycles. The lowest BCUT2D eigenvalue weighted by molar-refractivity contribution is 0.891. The zero-order chi connectivity index (χ0) is 11.1. The highest BCUT2D eigenvalue weighted by atomic mass is 79.9. The van der Waals surface area contributed by atoms with E-state index < -0.39 is 0 Å². The normalized spacial score (nSPS) is 14.1. The van der Waals surface area contributed by atoms with Gasteiger partial charge >= 0.3 is 0 Å². The van der Waals surface area contributed by atoms with E-state index in [2.05, 4.69) is 39.1 Å². The van der Waals surface area contributed by atoms with Gasteiger partial charge in [0.1, 0.15) is 10.3 Å². The van der Waals surface area contributed by atoms with E-state index in [1.165, 1.54) is 36.0 Å². The van der Waals surface area contributed by atoms with Gasteiger partial charge in [0, 0.05) is 12.6 Å². The van der Waals surface area contributed by atoms with Gasteiger partial charge in [0.2, 0.25) is 0 Å². The average molecular weight is 277 g/mol. The van der Waals surface area contributed by atoms with E-state index in [1.807, 2.05) is 17.9 Å². The Hall–Kier alpha value is -1.09. The summed E-state index contributed by atoms with van der Waals surface area (Å²) < 4.78 is 3.04. The predicted molar refractivity (Wildman–Crippen MR) is 68.4 cm³/mol. The van der Waals surface area contributed by atoms with Crippen molar-refractivity contribution in [1.82, 2.24) is 9.55 Å². The minimum atomic E-state index is 1.04. The molecule has 16 heavy (non-hydrogen) atoms. The van der Waals surface area contributed by atoms with Gasteiger partial charge < -0.3 is 4.57 Å². The maximum Gasteiger partial charge on any atom is 0.112 e. The largest absolute Gasteiger partial charge is 0.328 e. The molecule has 0 atom stereocenters. The molecule has 82 valence electrons. The molecule has 1 aromatic carbocycles. The number of halogens is 1. The molecule has 2 nitrogen and oxygen atoms in total. The van der Waals surface area contributed by atoms with E-state index in [0.717, 1.165) is 10.3 Å². The molecule has 0 N–H and O–H groups in total. The van der Waals surface area contributed by atoms with Crippen molar-refractivity contribution in [2.45, 2.75) is 19.3 Å². The number of rotatable bonds is 1. The standard InChI is InChI=1S/C13H13BrN2/c1-16-8-15-12(13(16)14)11-6-5-9-3-2-4-10(9)7-11/h5-8H,2-4H2,1H3. The maximum atomic E-state index is 4.43. The van der Waals surface area contributed by atoms with Gasteiger partial charge in [-0.3, -0.25) is 0 Å². The van der Waals surface area contributed by atoms with Crippen molar-refractivity contribution in [3.8, 4) is 11.3 Å². The van der Waals surface area contributed by atoms with E-state index >= 15 is 0 Å². The van der Waals surface area contributed by atoms with Gasteiger partial charge in [0.05, 0.1) is 6.33 Å². The number of hydrogen-bond acceptors (Lipinski definition) is 1. The van der Waals surface area contributed by atoms with Crippen LogP contribution >= 0.6 is 15.9 Å². The second-order valence-corrected chi connectivity index (χ2v) is 5.08. The Morgan fingerprint density at radius 3 is 2.81 bits per heavy atom. The Labute approximate surface area is 103 Å². The SMILES string of the molecule is Cn1cnc(-c2ccc3c(c2)CCC3)c1Br. The molecule has 1 aliphatic rings. The molecule has 3 heteroatoms. The number of aryl methyl sites for hydroxylation is 3. The monoisotopic (exact) mass is 276 g/mol. The number of fused-ring (bicyclic) bond motifs is 1. The van der Waals surface area contributed by atoms with Crippen LogP contribution in [0, 0.1) is 0 Å². The molecule has 0 unspecified atom stereocenters. The number of nitrogens with zero attached hydrogens (tertiary/aromatic N) is 2. The van der Waals surface area contributed by atoms with E-state index in [4.69, 9.17) is 0 Å². The number of benzene rings is 1. The molecular formula is C13H13BrN2. The number of hydrogen-bond donors (Lipinski definition) is 0. The fourth-order valence-electron chi connectivity index (χ4n) is 2.33. The van der Waals surface area contributed by atoms with Crippen LogP contribution in [-0.2, 0) is 19.9 Å². The highest BCUT2D eigenvalue weighted by Crippen LogP contribution is 2.30. The van der Waals surface area contributed by atoms with Gasteiger partial charge in [-0.15, -0.1) is 0 Å². The molecular weight excluding hydrogens is 264 g/mol. The van der Waals surface area contributed by atoms with Gasteiger partial charge in [0.25, 0.3) is 0 Å². The summed E-state index contributed by atoms with van der Waals surface area (Å²) in [7, 11) is 1.99. The molecule has 0 radical (unpaired) electrons. The van der Waals surface area contributed by atoms with Gasteiger partial charge in [-0.05, 0) is 52.4 Å². The van der Waals surface area contributed by atoms with Crippen molar-refractivity contribution in [2.75, 3.05) is 0 Å². The second kappa shape index (κ2) is 3.74. The highest BCUT2D eigenvalue weighted by Gasteiger charge is 2.14. The second-order valence-electron chi connectivity index (χ2n) is 4.33. The molecule has 1 heterocycles. The van der Waals surface area contributed by atoms with Crippen LogP contribution in [0.25, 0.3) is 11.3 Å². The van der Waals surface area contributed by atoms with Crippen molar-refractivity contribution >= 4 is 15.9 Å². The first kappa shape index (κ1) is 10.1. The fourth-order valence-corrected chi connectivity index (χ4v) is 2.75. The van der Waals surface area contributed by atoms with Crippen LogP contribution in [0.4, 0.5) is 0 Å². The molecule has 1 aliphatic carbocycles. The molecule has 3 rings (SSSR count). The van der Waals surface area contributed by atoms with Crippen molar-refractivity contribution in [3.63, 3.8) is 0 Å². The lowest BCUT2D eigenvalue weighted by Crippen LogP contribution is -1.87. The first-order valence-corrected chi connectivity index (χ1v) is 6.34. The summed E-state index contributed by atoms with van der Waals surface area (Å²) in [6.07, 6.45) is 5.58. The molecule has 0 amide bonds. The first-order chi connectivity index (χ1) is 7.75. The molecule has 0 spiro atoms. The van der Waals surface area contributed by atoms with Crippen molar-refractivity contribution < 1.29 is 0 Å². The topological polar surface area (TPSA) is 17.8 Å². The predicted octanol–water partition coefficient (Wildman–Crippen LogP) is 3.34. The number of aromatic nitrogens is 2. The molecule has 0 aliphatic heterocycles. The third-order valence-electron chi connectivity index (χ3n) is 3.24. The van der Waals surface area contributed by atoms with Crippen LogP contribution in [0.5, 0.6) is 0 Å². The summed E-state index contributed by atoms with van der Waals surface area (Å²) in [6.45, 7) is 0. The first-order valence-electron chi connectivity index (χ1n) is 5.54. The minimum Gasteiger partial charge on any atom is -0.328 e. The van der Waals surface area contributed by atoms with Crippen LogP contribution < -0.4 is 0 Å². The van der Waals surface area contributed by atoms with E-state index in [1.54, 1.807) is 0 Å². The Kier molecular flexibility index (Phi) is 2.36. The quantitative estimate of drug-likeness (QED) is 0.781. The molecule has 0 fully saturated rings. The Morgan fingerprint density at radius 1 is 1.25 bits per heavy atom. The minimum absolute atomic E-state index is 1.04. The third-order valence-corrected chi connectivity index (χ3v) is 4.17. The molecule has 1 aromatic heterocycles. The van der Waals surface area contributed by atoms with Gasteiger partial charge in [-0.1, -0.05) is 12.1 Å². The van der Waals surface area contributed by atoms with Crippen molar-refractivity contribution in [1.29, 1.82) is 0 Å². The third kappa shape index (κ3) is 1.50. The van der Waals surface area contributed by atoms with Crippen molar-refractivity contribution in [3.05, 3.63) is 40.3 Å². The highest BCUT2D eigenvalue weighted by molar-refractivity contribution is 9.10. The van der Waals surface area contributed by atoms with E-state index in [-0.39, 0.29) is 0 Å². The Morgan fingerprint density at radius 2 is 2.06 bits per heavy atom. The zero-order valence-corrected chi connectivity index (χ0v) is 10.8. The smallest absolute Gasteiger partial charge is 0.112 e. The Bertz CT molecular complexity index is 543. The van der Waals surface area contributed by atoms with Crippen molar-refractivity contribution in [2.24, 2.45) is 7.05 Å². The van der Waals surface area contributed by atoms with Crippen LogP contribution in [0.1, 0.15) is 17.5 Å². The van der Waals surface area contributed by atoms with Crippen LogP contribution in [0.15, 0.2) is 29.1 Å². The average Bonchev–Trinajstić information content (AvgIpc) is 2.86. The summed E-state index contributed by atoms with van der Waals surface area (Å²) >= 11 is 3.57. The summed E-state index contributed by atoms with van der Waals surface area (Å²) in [4.78, 5) is 4.43. The lowest BCUT2D eigenvalue weighted by atomic mass is 10.0. The summed E-state index contributed by atoms with van der Waals surface area (Å²) in [6, 6.07) is 6.71. The number of imidazole rings is 1. The summed E-state index contributed by atoms with van der Waals surface area (Å²) in [5, 5.41) is 0. The Balaban J connectivity index is 2.10. The maximum absolute atomic E-state index is 4.43.